The zero-order valence-corrected chi connectivity index (χ0v) is 19.7. The third kappa shape index (κ3) is 3.52. The van der Waals surface area contributed by atoms with Gasteiger partial charge in [0.15, 0.2) is 5.13 Å². The second-order valence-corrected chi connectivity index (χ2v) is 9.11. The van der Waals surface area contributed by atoms with Crippen LogP contribution in [0.25, 0.3) is 16.0 Å². The maximum Gasteiger partial charge on any atom is 0.301 e. The Bertz CT molecular complexity index is 1440. The number of hydrogen-bond donors (Lipinski definition) is 1. The average molecular weight is 492 g/mol. The second-order valence-electron chi connectivity index (χ2n) is 7.69. The largest absolute Gasteiger partial charge is 0.507 e. The SMILES string of the molecule is COc1ccccc1/C(O)=C1\C(=O)C(=O)N(c2nc3cc(Cl)c(C)cc3s2)C1c1ccccn1. The molecule has 1 amide bonds. The Morgan fingerprint density at radius 2 is 1.91 bits per heavy atom. The molecule has 0 spiro atoms. The van der Waals surface area contributed by atoms with E-state index in [4.69, 9.17) is 16.3 Å². The van der Waals surface area contributed by atoms with Gasteiger partial charge in [0.25, 0.3) is 5.78 Å². The predicted molar refractivity (Wildman–Crippen MR) is 131 cm³/mol. The number of aromatic nitrogens is 2. The van der Waals surface area contributed by atoms with Crippen LogP contribution in [0.4, 0.5) is 5.13 Å². The van der Waals surface area contributed by atoms with Crippen LogP contribution in [-0.2, 0) is 9.59 Å². The van der Waals surface area contributed by atoms with Gasteiger partial charge < -0.3 is 9.84 Å². The number of pyridine rings is 1. The number of aryl methyl sites for hydroxylation is 1. The molecule has 2 aromatic heterocycles. The summed E-state index contributed by atoms with van der Waals surface area (Å²) in [4.78, 5) is 36.9. The van der Waals surface area contributed by atoms with Gasteiger partial charge in [-0.1, -0.05) is 41.1 Å². The number of anilines is 1. The summed E-state index contributed by atoms with van der Waals surface area (Å²) in [5.41, 5.74) is 2.13. The van der Waals surface area contributed by atoms with Crippen molar-refractivity contribution in [2.24, 2.45) is 0 Å². The molecule has 0 bridgehead atoms. The summed E-state index contributed by atoms with van der Waals surface area (Å²) >= 11 is 7.53. The molecule has 5 rings (SSSR count). The van der Waals surface area contributed by atoms with Crippen LogP contribution in [0.3, 0.4) is 0 Å². The molecule has 0 aliphatic carbocycles. The van der Waals surface area contributed by atoms with Crippen LogP contribution in [0.2, 0.25) is 5.02 Å². The van der Waals surface area contributed by atoms with Gasteiger partial charge in [0.1, 0.15) is 17.6 Å². The maximum absolute atomic E-state index is 13.3. The molecular formula is C25H18ClN3O4S. The molecule has 7 nitrogen and oxygen atoms in total. The fraction of sp³-hybridized carbons (Fsp3) is 0.120. The number of amides is 1. The van der Waals surface area contributed by atoms with Crippen LogP contribution >= 0.6 is 22.9 Å². The molecule has 34 heavy (non-hydrogen) atoms. The fourth-order valence-corrected chi connectivity index (χ4v) is 5.20. The third-order valence-electron chi connectivity index (χ3n) is 5.64. The molecule has 3 heterocycles. The summed E-state index contributed by atoms with van der Waals surface area (Å²) in [6.45, 7) is 1.88. The second kappa shape index (κ2) is 8.55. The number of fused-ring (bicyclic) bond motifs is 1. The number of rotatable bonds is 4. The molecule has 170 valence electrons. The Kier molecular flexibility index (Phi) is 5.55. The van der Waals surface area contributed by atoms with Crippen molar-refractivity contribution in [2.45, 2.75) is 13.0 Å². The molecule has 1 fully saturated rings. The zero-order valence-electron chi connectivity index (χ0n) is 18.2. The number of carbonyl (C=O) groups is 2. The standard InChI is InChI=1S/C25H18ClN3O4S/c1-13-11-19-17(12-15(13)26)28-25(34-19)29-21(16-8-5-6-10-27-16)20(23(31)24(29)32)22(30)14-7-3-4-9-18(14)33-2/h3-12,21,30H,1-2H3/b22-20+. The number of carbonyl (C=O) groups excluding carboxylic acids is 2. The van der Waals surface area contributed by atoms with E-state index >= 15 is 0 Å². The quantitative estimate of drug-likeness (QED) is 0.237. The van der Waals surface area contributed by atoms with E-state index in [2.05, 4.69) is 9.97 Å². The van der Waals surface area contributed by atoms with Crippen LogP contribution in [-0.4, -0.2) is 33.9 Å². The van der Waals surface area contributed by atoms with Crippen LogP contribution in [0.1, 0.15) is 22.9 Å². The van der Waals surface area contributed by atoms with Gasteiger partial charge in [-0.15, -0.1) is 0 Å². The third-order valence-corrected chi connectivity index (χ3v) is 7.06. The Morgan fingerprint density at radius 1 is 1.15 bits per heavy atom. The summed E-state index contributed by atoms with van der Waals surface area (Å²) in [5.74, 6) is -1.59. The van der Waals surface area contributed by atoms with Crippen molar-refractivity contribution in [2.75, 3.05) is 12.0 Å². The molecule has 2 aromatic carbocycles. The first-order valence-electron chi connectivity index (χ1n) is 10.3. The number of thiazole rings is 1. The van der Waals surface area contributed by atoms with E-state index in [-0.39, 0.29) is 11.3 Å². The Labute approximate surface area is 203 Å². The predicted octanol–water partition coefficient (Wildman–Crippen LogP) is 5.29. The van der Waals surface area contributed by atoms with Crippen molar-refractivity contribution in [3.8, 4) is 5.75 Å². The van der Waals surface area contributed by atoms with Gasteiger partial charge in [-0.3, -0.25) is 19.5 Å². The number of hydrogen-bond acceptors (Lipinski definition) is 7. The number of Topliss-reactive ketones (excluding diaryl/α,β-unsaturated/α-hetero) is 1. The van der Waals surface area contributed by atoms with Gasteiger partial charge >= 0.3 is 5.91 Å². The zero-order chi connectivity index (χ0) is 24.0. The van der Waals surface area contributed by atoms with E-state index < -0.39 is 17.7 Å². The van der Waals surface area contributed by atoms with E-state index in [1.54, 1.807) is 54.7 Å². The molecule has 1 aliphatic heterocycles. The lowest BCUT2D eigenvalue weighted by Gasteiger charge is -2.22. The lowest BCUT2D eigenvalue weighted by Crippen LogP contribution is -2.29. The first-order chi connectivity index (χ1) is 16.4. The number of para-hydroxylation sites is 1. The maximum atomic E-state index is 13.3. The summed E-state index contributed by atoms with van der Waals surface area (Å²) in [7, 11) is 1.47. The highest BCUT2D eigenvalue weighted by Gasteiger charge is 2.49. The molecule has 1 unspecified atom stereocenters. The average Bonchev–Trinajstić information content (AvgIpc) is 3.37. The molecule has 1 atom stereocenters. The van der Waals surface area contributed by atoms with Crippen LogP contribution in [0, 0.1) is 6.92 Å². The van der Waals surface area contributed by atoms with E-state index in [1.165, 1.54) is 23.3 Å². The number of ether oxygens (including phenoxy) is 1. The molecule has 9 heteroatoms. The number of nitrogens with zero attached hydrogens (tertiary/aromatic N) is 3. The number of methoxy groups -OCH3 is 1. The number of ketones is 1. The topological polar surface area (TPSA) is 92.6 Å². The monoisotopic (exact) mass is 491 g/mol. The Balaban J connectivity index is 1.74. The number of aliphatic hydroxyl groups is 1. The van der Waals surface area contributed by atoms with Crippen molar-refractivity contribution in [3.63, 3.8) is 0 Å². The lowest BCUT2D eigenvalue weighted by atomic mass is 9.98. The molecule has 0 radical (unpaired) electrons. The summed E-state index contributed by atoms with van der Waals surface area (Å²) in [5, 5.41) is 12.1. The van der Waals surface area contributed by atoms with E-state index in [0.717, 1.165) is 10.3 Å². The van der Waals surface area contributed by atoms with Crippen LogP contribution in [0.5, 0.6) is 5.75 Å². The van der Waals surface area contributed by atoms with Gasteiger partial charge in [0.05, 0.1) is 34.2 Å². The molecular weight excluding hydrogens is 474 g/mol. The minimum absolute atomic E-state index is 0.0818. The van der Waals surface area contributed by atoms with Gasteiger partial charge in [-0.2, -0.15) is 0 Å². The summed E-state index contributed by atoms with van der Waals surface area (Å²) in [6.07, 6.45) is 1.57. The Morgan fingerprint density at radius 3 is 2.65 bits per heavy atom. The first-order valence-corrected chi connectivity index (χ1v) is 11.5. The molecule has 0 saturated carbocycles. The lowest BCUT2D eigenvalue weighted by molar-refractivity contribution is -0.132. The Hall–Kier alpha value is -3.75. The number of benzene rings is 2. The highest BCUT2D eigenvalue weighted by molar-refractivity contribution is 7.22. The van der Waals surface area contributed by atoms with Crippen molar-refractivity contribution in [3.05, 3.63) is 88.2 Å². The van der Waals surface area contributed by atoms with Crippen LogP contribution in [0.15, 0.2) is 66.4 Å². The number of halogens is 1. The van der Waals surface area contributed by atoms with Crippen LogP contribution < -0.4 is 9.64 Å². The van der Waals surface area contributed by atoms with Gasteiger partial charge in [0, 0.05) is 11.2 Å². The minimum Gasteiger partial charge on any atom is -0.507 e. The fourth-order valence-electron chi connectivity index (χ4n) is 3.97. The van der Waals surface area contributed by atoms with Gasteiger partial charge in [-0.05, 0) is 48.9 Å². The van der Waals surface area contributed by atoms with Gasteiger partial charge in [0.2, 0.25) is 0 Å². The molecule has 1 N–H and O–H groups in total. The first kappa shape index (κ1) is 22.1. The minimum atomic E-state index is -0.969. The van der Waals surface area contributed by atoms with Crippen molar-refractivity contribution < 1.29 is 19.4 Å². The van der Waals surface area contributed by atoms with Gasteiger partial charge in [-0.25, -0.2) is 4.98 Å². The highest BCUT2D eigenvalue weighted by Crippen LogP contribution is 2.44. The number of aliphatic hydroxyl groups excluding tert-OH is 1. The molecule has 1 saturated heterocycles. The smallest absolute Gasteiger partial charge is 0.301 e. The van der Waals surface area contributed by atoms with E-state index in [1.807, 2.05) is 13.0 Å². The van der Waals surface area contributed by atoms with Crippen molar-refractivity contribution in [1.82, 2.24) is 9.97 Å². The summed E-state index contributed by atoms with van der Waals surface area (Å²) in [6, 6.07) is 14.6. The van der Waals surface area contributed by atoms with E-state index in [0.29, 0.717) is 32.7 Å². The van der Waals surface area contributed by atoms with Crippen molar-refractivity contribution in [1.29, 1.82) is 0 Å². The summed E-state index contributed by atoms with van der Waals surface area (Å²) < 4.78 is 6.18. The normalized spacial score (nSPS) is 17.5. The highest BCUT2D eigenvalue weighted by atomic mass is 35.5. The molecule has 1 aliphatic rings. The van der Waals surface area contributed by atoms with E-state index in [9.17, 15) is 14.7 Å². The van der Waals surface area contributed by atoms with Crippen molar-refractivity contribution >= 4 is 55.7 Å². The molecule has 4 aromatic rings.